The topological polar surface area (TPSA) is 80.7 Å². The lowest BCUT2D eigenvalue weighted by atomic mass is 9.85. The molecule has 1 saturated carbocycles. The van der Waals surface area contributed by atoms with E-state index in [4.69, 9.17) is 4.42 Å². The highest BCUT2D eigenvalue weighted by atomic mass is 16.3. The Morgan fingerprint density at radius 1 is 1.03 bits per heavy atom. The summed E-state index contributed by atoms with van der Waals surface area (Å²) in [5.41, 5.74) is 2.15. The molecule has 2 amide bonds. The third kappa shape index (κ3) is 2.73. The molecule has 0 radical (unpaired) electrons. The van der Waals surface area contributed by atoms with Gasteiger partial charge in [-0.1, -0.05) is 30.4 Å². The van der Waals surface area contributed by atoms with Gasteiger partial charge < -0.3 is 4.42 Å². The zero-order chi connectivity index (χ0) is 21.1. The van der Waals surface area contributed by atoms with Gasteiger partial charge in [0.2, 0.25) is 0 Å². The number of hydrogen-bond acceptors (Lipinski definition) is 5. The minimum absolute atomic E-state index is 0.161. The van der Waals surface area contributed by atoms with E-state index in [2.05, 4.69) is 22.4 Å². The van der Waals surface area contributed by atoms with E-state index in [1.807, 2.05) is 55.6 Å². The maximum atomic E-state index is 12.9. The summed E-state index contributed by atoms with van der Waals surface area (Å²) in [6, 6.07) is 13.4. The average Bonchev–Trinajstić information content (AvgIpc) is 3.58. The number of para-hydroxylation sites is 1. The number of imide groups is 1. The Hall–Kier alpha value is -3.74. The van der Waals surface area contributed by atoms with Crippen LogP contribution in [0.2, 0.25) is 0 Å². The monoisotopic (exact) mass is 412 g/mol. The normalized spacial score (nSPS) is 26.5. The van der Waals surface area contributed by atoms with Crippen molar-refractivity contribution in [2.45, 2.75) is 13.3 Å². The number of furan rings is 1. The Morgan fingerprint density at radius 3 is 2.39 bits per heavy atom. The van der Waals surface area contributed by atoms with Gasteiger partial charge in [-0.2, -0.15) is 15.2 Å². The lowest BCUT2D eigenvalue weighted by Gasteiger charge is -2.13. The summed E-state index contributed by atoms with van der Waals surface area (Å²) < 4.78 is 7.51. The minimum Gasteiger partial charge on any atom is -0.460 e. The van der Waals surface area contributed by atoms with Crippen molar-refractivity contribution in [3.05, 3.63) is 72.1 Å². The van der Waals surface area contributed by atoms with Crippen LogP contribution in [0.5, 0.6) is 0 Å². The first kappa shape index (κ1) is 18.1. The second-order valence-corrected chi connectivity index (χ2v) is 8.36. The van der Waals surface area contributed by atoms with Crippen LogP contribution in [-0.2, 0) is 9.59 Å². The van der Waals surface area contributed by atoms with Gasteiger partial charge in [0.05, 0.1) is 23.7 Å². The Labute approximate surface area is 178 Å². The van der Waals surface area contributed by atoms with Crippen LogP contribution in [0.1, 0.15) is 17.7 Å². The van der Waals surface area contributed by atoms with Crippen LogP contribution in [-0.4, -0.2) is 32.8 Å². The van der Waals surface area contributed by atoms with Gasteiger partial charge in [-0.25, -0.2) is 4.68 Å². The van der Waals surface area contributed by atoms with Crippen molar-refractivity contribution < 1.29 is 14.0 Å². The van der Waals surface area contributed by atoms with Crippen molar-refractivity contribution >= 4 is 18.0 Å². The molecule has 1 aromatic carbocycles. The van der Waals surface area contributed by atoms with Gasteiger partial charge in [0.15, 0.2) is 5.76 Å². The Balaban J connectivity index is 1.36. The molecule has 7 heteroatoms. The zero-order valence-electron chi connectivity index (χ0n) is 16.9. The highest BCUT2D eigenvalue weighted by Gasteiger charge is 2.59. The molecule has 2 fully saturated rings. The molecule has 2 bridgehead atoms. The molecule has 1 aliphatic heterocycles. The summed E-state index contributed by atoms with van der Waals surface area (Å²) in [5, 5.41) is 10.0. The highest BCUT2D eigenvalue weighted by molar-refractivity contribution is 6.07. The smallest absolute Gasteiger partial charge is 0.254 e. The second-order valence-electron chi connectivity index (χ2n) is 8.36. The molecule has 154 valence electrons. The van der Waals surface area contributed by atoms with Crippen LogP contribution in [0.4, 0.5) is 0 Å². The number of nitrogens with zero attached hydrogens (tertiary/aromatic N) is 4. The number of fused-ring (bicyclic) bond motifs is 5. The number of hydrazone groups is 1. The number of carbonyl (C=O) groups excluding carboxylic acids is 2. The fourth-order valence-electron chi connectivity index (χ4n) is 5.07. The predicted octanol–water partition coefficient (Wildman–Crippen LogP) is 3.58. The standard InChI is InChI=1S/C24H20N4O3/c1-14-7-10-19(31-14)22-17(13-27(26-22)18-5-3-2-4-6-18)12-25-28-23(29)20-15-8-9-16(11-15)21(20)24(28)30/h2-10,12-13,15-16,20-21H,11H2,1H3/b25-12-/t15-,16-,20-,21+/m0/s1. The summed E-state index contributed by atoms with van der Waals surface area (Å²) in [7, 11) is 0. The fourth-order valence-corrected chi connectivity index (χ4v) is 5.07. The number of allylic oxidation sites excluding steroid dienone is 2. The van der Waals surface area contributed by atoms with Gasteiger partial charge in [0.25, 0.3) is 11.8 Å². The van der Waals surface area contributed by atoms with Crippen LogP contribution in [0, 0.1) is 30.6 Å². The van der Waals surface area contributed by atoms with Gasteiger partial charge in [0, 0.05) is 11.8 Å². The van der Waals surface area contributed by atoms with E-state index in [0.717, 1.165) is 22.9 Å². The van der Waals surface area contributed by atoms with Crippen LogP contribution < -0.4 is 0 Å². The number of aromatic nitrogens is 2. The summed E-state index contributed by atoms with van der Waals surface area (Å²) in [6.45, 7) is 1.87. The van der Waals surface area contributed by atoms with E-state index < -0.39 is 0 Å². The van der Waals surface area contributed by atoms with Crippen molar-refractivity contribution in [3.8, 4) is 17.1 Å². The lowest BCUT2D eigenvalue weighted by Crippen LogP contribution is -2.28. The van der Waals surface area contributed by atoms with E-state index in [1.165, 1.54) is 6.21 Å². The van der Waals surface area contributed by atoms with E-state index in [1.54, 1.807) is 4.68 Å². The number of benzene rings is 1. The molecule has 0 N–H and O–H groups in total. The third-order valence-corrected chi connectivity index (χ3v) is 6.50. The van der Waals surface area contributed by atoms with Crippen molar-refractivity contribution in [1.82, 2.24) is 14.8 Å². The first-order valence-electron chi connectivity index (χ1n) is 10.4. The Kier molecular flexibility index (Phi) is 3.86. The minimum atomic E-state index is -0.265. The molecule has 1 saturated heterocycles. The SMILES string of the molecule is Cc1ccc(-c2nn(-c3ccccc3)cc2/C=N\N2C(=O)[C@@H]3[C@H](C2=O)[C@H]2C=C[C@H]3C2)o1. The first-order valence-corrected chi connectivity index (χ1v) is 10.4. The molecule has 3 aromatic rings. The van der Waals surface area contributed by atoms with Crippen LogP contribution in [0.25, 0.3) is 17.1 Å². The van der Waals surface area contributed by atoms with Gasteiger partial charge in [-0.05, 0) is 49.4 Å². The van der Waals surface area contributed by atoms with Gasteiger partial charge in [-0.3, -0.25) is 9.59 Å². The largest absolute Gasteiger partial charge is 0.460 e. The van der Waals surface area contributed by atoms with E-state index in [-0.39, 0.29) is 35.5 Å². The Morgan fingerprint density at radius 2 is 1.74 bits per heavy atom. The third-order valence-electron chi connectivity index (χ3n) is 6.50. The number of aryl methyl sites for hydroxylation is 1. The molecule has 0 spiro atoms. The summed E-state index contributed by atoms with van der Waals surface area (Å²) >= 11 is 0. The van der Waals surface area contributed by atoms with Gasteiger partial charge >= 0.3 is 0 Å². The van der Waals surface area contributed by atoms with Gasteiger partial charge in [0.1, 0.15) is 11.5 Å². The number of carbonyl (C=O) groups is 2. The van der Waals surface area contributed by atoms with Gasteiger partial charge in [-0.15, -0.1) is 0 Å². The van der Waals surface area contributed by atoms with Crippen molar-refractivity contribution in [3.63, 3.8) is 0 Å². The molecule has 6 rings (SSSR count). The molecule has 4 atom stereocenters. The predicted molar refractivity (Wildman–Crippen MR) is 113 cm³/mol. The Bertz CT molecular complexity index is 1220. The fraction of sp³-hybridized carbons (Fsp3) is 0.250. The van der Waals surface area contributed by atoms with Crippen molar-refractivity contribution in [2.75, 3.05) is 0 Å². The first-order chi connectivity index (χ1) is 15.1. The maximum Gasteiger partial charge on any atom is 0.254 e. The summed E-state index contributed by atoms with van der Waals surface area (Å²) in [4.78, 5) is 25.8. The molecule has 7 nitrogen and oxygen atoms in total. The molecular formula is C24H20N4O3. The van der Waals surface area contributed by atoms with Crippen molar-refractivity contribution in [2.24, 2.45) is 28.8 Å². The van der Waals surface area contributed by atoms with E-state index >= 15 is 0 Å². The lowest BCUT2D eigenvalue weighted by molar-refractivity contribution is -0.140. The number of hydrogen-bond donors (Lipinski definition) is 0. The van der Waals surface area contributed by atoms with Crippen molar-refractivity contribution in [1.29, 1.82) is 0 Å². The molecule has 0 unspecified atom stereocenters. The highest BCUT2D eigenvalue weighted by Crippen LogP contribution is 2.52. The number of rotatable bonds is 4. The number of amides is 2. The van der Waals surface area contributed by atoms with Crippen LogP contribution in [0.15, 0.2) is 70.3 Å². The molecule has 31 heavy (non-hydrogen) atoms. The molecule has 3 aliphatic rings. The molecular weight excluding hydrogens is 392 g/mol. The molecule has 2 aromatic heterocycles. The zero-order valence-corrected chi connectivity index (χ0v) is 16.9. The summed E-state index contributed by atoms with van der Waals surface area (Å²) in [5.74, 6) is 0.767. The van der Waals surface area contributed by atoms with Crippen LogP contribution >= 0.6 is 0 Å². The summed E-state index contributed by atoms with van der Waals surface area (Å²) in [6.07, 6.45) is 8.40. The average molecular weight is 412 g/mol. The quantitative estimate of drug-likeness (QED) is 0.373. The van der Waals surface area contributed by atoms with Crippen LogP contribution in [0.3, 0.4) is 0 Å². The molecule has 2 aliphatic carbocycles. The second kappa shape index (κ2) is 6.63. The van der Waals surface area contributed by atoms with E-state index in [9.17, 15) is 9.59 Å². The molecule has 3 heterocycles. The van der Waals surface area contributed by atoms with E-state index in [0.29, 0.717) is 17.0 Å². The maximum absolute atomic E-state index is 12.9.